The van der Waals surface area contributed by atoms with Crippen LogP contribution in [-0.2, 0) is 21.4 Å². The smallest absolute Gasteiger partial charge is 0.243 e. The van der Waals surface area contributed by atoms with E-state index in [1.54, 1.807) is 24.3 Å². The summed E-state index contributed by atoms with van der Waals surface area (Å²) in [4.78, 5) is 11.8. The van der Waals surface area contributed by atoms with E-state index in [-0.39, 0.29) is 10.8 Å². The zero-order valence-electron chi connectivity index (χ0n) is 13.2. The van der Waals surface area contributed by atoms with Gasteiger partial charge in [0.1, 0.15) is 0 Å². The number of nitrogens with two attached hydrogens (primary N) is 1. The Balaban J connectivity index is 2.69. The monoisotopic (exact) mass is 327 g/mol. The Kier molecular flexibility index (Phi) is 7.50. The molecule has 0 aliphatic carbocycles. The highest BCUT2D eigenvalue weighted by Crippen LogP contribution is 2.16. The van der Waals surface area contributed by atoms with Gasteiger partial charge >= 0.3 is 0 Å². The van der Waals surface area contributed by atoms with Crippen LogP contribution in [0.2, 0.25) is 0 Å². The second kappa shape index (κ2) is 8.87. The summed E-state index contributed by atoms with van der Waals surface area (Å²) in [7, 11) is -3.43. The molecule has 0 bridgehead atoms. The Labute approximate surface area is 132 Å². The highest BCUT2D eigenvalue weighted by Gasteiger charge is 2.21. The summed E-state index contributed by atoms with van der Waals surface area (Å²) in [5, 5.41) is 2.78. The Morgan fingerprint density at radius 3 is 2.27 bits per heavy atom. The third-order valence-corrected chi connectivity index (χ3v) is 5.43. The van der Waals surface area contributed by atoms with Crippen molar-refractivity contribution in [3.63, 3.8) is 0 Å². The van der Waals surface area contributed by atoms with Crippen molar-refractivity contribution in [1.29, 1.82) is 0 Å². The van der Waals surface area contributed by atoms with Crippen molar-refractivity contribution in [1.82, 2.24) is 9.62 Å². The Morgan fingerprint density at radius 1 is 1.18 bits per heavy atom. The van der Waals surface area contributed by atoms with Gasteiger partial charge in [0.2, 0.25) is 15.9 Å². The fourth-order valence-corrected chi connectivity index (χ4v) is 3.50. The van der Waals surface area contributed by atoms with Crippen LogP contribution in [0.1, 0.15) is 32.3 Å². The Morgan fingerprint density at radius 2 is 1.77 bits per heavy atom. The lowest BCUT2D eigenvalue weighted by molar-refractivity contribution is -0.121. The SMILES string of the molecule is CCN(CC)S(=O)(=O)c1ccc(CNC(=O)CCCN)cc1. The predicted molar refractivity (Wildman–Crippen MR) is 86.7 cm³/mol. The first-order chi connectivity index (χ1) is 10.5. The standard InChI is InChI=1S/C15H25N3O3S/c1-3-18(4-2)22(20,21)14-9-7-13(8-10-14)12-17-15(19)6-5-11-16/h7-10H,3-6,11-12,16H2,1-2H3,(H,17,19). The van der Waals surface area contributed by atoms with Crippen LogP contribution in [-0.4, -0.2) is 38.3 Å². The van der Waals surface area contributed by atoms with E-state index < -0.39 is 10.0 Å². The summed E-state index contributed by atoms with van der Waals surface area (Å²) in [6, 6.07) is 6.60. The lowest BCUT2D eigenvalue weighted by Gasteiger charge is -2.18. The van der Waals surface area contributed by atoms with Gasteiger partial charge in [-0.15, -0.1) is 0 Å². The van der Waals surface area contributed by atoms with Gasteiger partial charge in [0.15, 0.2) is 0 Å². The molecule has 3 N–H and O–H groups in total. The van der Waals surface area contributed by atoms with Crippen molar-refractivity contribution in [3.05, 3.63) is 29.8 Å². The summed E-state index contributed by atoms with van der Waals surface area (Å²) >= 11 is 0. The first-order valence-corrected chi connectivity index (χ1v) is 8.95. The van der Waals surface area contributed by atoms with Crippen molar-refractivity contribution in [2.75, 3.05) is 19.6 Å². The molecule has 1 aromatic carbocycles. The molecule has 0 radical (unpaired) electrons. The molecule has 1 aromatic rings. The third-order valence-electron chi connectivity index (χ3n) is 3.36. The molecule has 0 aliphatic rings. The quantitative estimate of drug-likeness (QED) is 0.709. The van der Waals surface area contributed by atoms with Crippen LogP contribution in [0.5, 0.6) is 0 Å². The highest BCUT2D eigenvalue weighted by atomic mass is 32.2. The number of hydrogen-bond donors (Lipinski definition) is 2. The second-order valence-corrected chi connectivity index (χ2v) is 6.84. The van der Waals surface area contributed by atoms with Crippen molar-refractivity contribution in [3.8, 4) is 0 Å². The minimum Gasteiger partial charge on any atom is -0.352 e. The van der Waals surface area contributed by atoms with E-state index in [2.05, 4.69) is 5.32 Å². The molecule has 124 valence electrons. The van der Waals surface area contributed by atoms with E-state index in [1.807, 2.05) is 13.8 Å². The van der Waals surface area contributed by atoms with Crippen molar-refractivity contribution in [2.45, 2.75) is 38.1 Å². The molecular formula is C15H25N3O3S. The van der Waals surface area contributed by atoms with Crippen LogP contribution < -0.4 is 11.1 Å². The van der Waals surface area contributed by atoms with Crippen LogP contribution in [0.3, 0.4) is 0 Å². The van der Waals surface area contributed by atoms with Crippen molar-refractivity contribution < 1.29 is 13.2 Å². The second-order valence-electron chi connectivity index (χ2n) is 4.90. The number of hydrogen-bond acceptors (Lipinski definition) is 4. The summed E-state index contributed by atoms with van der Waals surface area (Å²) in [5.74, 6) is -0.0507. The molecular weight excluding hydrogens is 302 g/mol. The first kappa shape index (κ1) is 18.6. The molecule has 0 atom stereocenters. The summed E-state index contributed by atoms with van der Waals surface area (Å²) < 4.78 is 26.1. The normalized spacial score (nSPS) is 11.6. The Hall–Kier alpha value is -1.44. The number of nitrogens with one attached hydrogen (secondary N) is 1. The molecule has 1 rings (SSSR count). The van der Waals surface area contributed by atoms with E-state index in [1.165, 1.54) is 4.31 Å². The molecule has 0 unspecified atom stereocenters. The average molecular weight is 327 g/mol. The van der Waals surface area contributed by atoms with Crippen molar-refractivity contribution in [2.24, 2.45) is 5.73 Å². The summed E-state index contributed by atoms with van der Waals surface area (Å²) in [6.07, 6.45) is 1.07. The summed E-state index contributed by atoms with van der Waals surface area (Å²) in [5.41, 5.74) is 6.21. The van der Waals surface area contributed by atoms with E-state index in [4.69, 9.17) is 5.73 Å². The topological polar surface area (TPSA) is 92.5 Å². The number of nitrogens with zero attached hydrogens (tertiary/aromatic N) is 1. The number of carbonyl (C=O) groups is 1. The lowest BCUT2D eigenvalue weighted by atomic mass is 10.2. The maximum absolute atomic E-state index is 12.3. The zero-order chi connectivity index (χ0) is 16.6. The van der Waals surface area contributed by atoms with E-state index in [0.29, 0.717) is 39.0 Å². The van der Waals surface area contributed by atoms with Gasteiger partial charge in [0.25, 0.3) is 0 Å². The van der Waals surface area contributed by atoms with Gasteiger partial charge in [-0.3, -0.25) is 4.79 Å². The fourth-order valence-electron chi connectivity index (χ4n) is 2.04. The Bertz CT molecular complexity index is 566. The number of rotatable bonds is 9. The molecule has 0 aliphatic heterocycles. The van der Waals surface area contributed by atoms with Crippen LogP contribution in [0.25, 0.3) is 0 Å². The van der Waals surface area contributed by atoms with Gasteiger partial charge in [0, 0.05) is 26.1 Å². The van der Waals surface area contributed by atoms with Crippen LogP contribution >= 0.6 is 0 Å². The largest absolute Gasteiger partial charge is 0.352 e. The zero-order valence-corrected chi connectivity index (χ0v) is 14.0. The molecule has 22 heavy (non-hydrogen) atoms. The van der Waals surface area contributed by atoms with Gasteiger partial charge in [-0.05, 0) is 30.7 Å². The van der Waals surface area contributed by atoms with Crippen molar-refractivity contribution >= 4 is 15.9 Å². The van der Waals surface area contributed by atoms with E-state index in [9.17, 15) is 13.2 Å². The maximum Gasteiger partial charge on any atom is 0.243 e. The number of sulfonamides is 1. The molecule has 0 fully saturated rings. The highest BCUT2D eigenvalue weighted by molar-refractivity contribution is 7.89. The molecule has 0 aromatic heterocycles. The molecule has 0 spiro atoms. The van der Waals surface area contributed by atoms with Gasteiger partial charge in [0.05, 0.1) is 4.90 Å². The third kappa shape index (κ3) is 5.08. The molecule has 6 nitrogen and oxygen atoms in total. The summed E-state index contributed by atoms with van der Waals surface area (Å²) in [6.45, 7) is 5.38. The fraction of sp³-hybridized carbons (Fsp3) is 0.533. The van der Waals surface area contributed by atoms with E-state index in [0.717, 1.165) is 5.56 Å². The molecule has 0 heterocycles. The molecule has 0 saturated heterocycles. The van der Waals surface area contributed by atoms with Gasteiger partial charge in [-0.2, -0.15) is 4.31 Å². The van der Waals surface area contributed by atoms with Gasteiger partial charge < -0.3 is 11.1 Å². The minimum absolute atomic E-state index is 0.0507. The average Bonchev–Trinajstić information content (AvgIpc) is 2.52. The number of benzene rings is 1. The minimum atomic E-state index is -3.43. The molecule has 0 saturated carbocycles. The van der Waals surface area contributed by atoms with Gasteiger partial charge in [-0.1, -0.05) is 26.0 Å². The molecule has 1 amide bonds. The maximum atomic E-state index is 12.3. The number of carbonyl (C=O) groups excluding carboxylic acids is 1. The van der Waals surface area contributed by atoms with Crippen LogP contribution in [0.4, 0.5) is 0 Å². The number of amides is 1. The van der Waals surface area contributed by atoms with Crippen LogP contribution in [0.15, 0.2) is 29.2 Å². The first-order valence-electron chi connectivity index (χ1n) is 7.51. The predicted octanol–water partition coefficient (Wildman–Crippen LogP) is 1.07. The van der Waals surface area contributed by atoms with Gasteiger partial charge in [-0.25, -0.2) is 8.42 Å². The molecule has 7 heteroatoms. The van der Waals surface area contributed by atoms with E-state index >= 15 is 0 Å². The lowest BCUT2D eigenvalue weighted by Crippen LogP contribution is -2.30. The van der Waals surface area contributed by atoms with Crippen LogP contribution in [0, 0.1) is 0 Å².